The molecule has 7 heteroatoms. The Hall–Kier alpha value is -0.450. The van der Waals surface area contributed by atoms with Crippen molar-refractivity contribution in [3.8, 4) is 5.75 Å². The quantitative estimate of drug-likeness (QED) is 0.685. The summed E-state index contributed by atoms with van der Waals surface area (Å²) < 4.78 is 39.1. The van der Waals surface area contributed by atoms with E-state index in [0.29, 0.717) is 5.33 Å². The summed E-state index contributed by atoms with van der Waals surface area (Å²) in [4.78, 5) is 8.75. The van der Waals surface area contributed by atoms with Crippen molar-refractivity contribution >= 4 is 23.5 Å². The first kappa shape index (κ1) is 12.6. The van der Waals surface area contributed by atoms with Crippen molar-refractivity contribution in [3.63, 3.8) is 0 Å². The molecule has 0 heterocycles. The molecule has 1 aromatic rings. The minimum Gasteiger partial charge on any atom is -0.421 e. The monoisotopic (exact) mass is 300 g/mol. The molecule has 0 spiro atoms. The van der Waals surface area contributed by atoms with Crippen molar-refractivity contribution < 1.29 is 22.8 Å². The Morgan fingerprint density at radius 1 is 1.40 bits per heavy atom. The van der Waals surface area contributed by atoms with Gasteiger partial charge in [-0.3, -0.25) is 0 Å². The van der Waals surface area contributed by atoms with E-state index < -0.39 is 13.8 Å². The lowest BCUT2D eigenvalue weighted by Gasteiger charge is -2.12. The molecule has 0 saturated carbocycles. The highest BCUT2D eigenvalue weighted by atomic mass is 79.9. The zero-order chi connectivity index (χ0) is 11.5. The molecule has 0 aliphatic rings. The van der Waals surface area contributed by atoms with Crippen LogP contribution in [0.5, 0.6) is 5.75 Å². The molecule has 1 rings (SSSR count). The van der Waals surface area contributed by atoms with Crippen LogP contribution in [0.2, 0.25) is 0 Å². The Labute approximate surface area is 93.7 Å². The lowest BCUT2D eigenvalue weighted by atomic mass is 10.2. The summed E-state index contributed by atoms with van der Waals surface area (Å²) in [6, 6.07) is 5.94. The normalized spacial score (nSPS) is 15.0. The molecule has 84 valence electrons. The highest BCUT2D eigenvalue weighted by Crippen LogP contribution is 2.48. The lowest BCUT2D eigenvalue weighted by Crippen LogP contribution is -2.00. The standard InChI is InChI=1S/C8H8BrF2O3P/c9-5-6-1-3-7(4-2-6)14-15(12,13)8(10)11/h1-4,8H,5H2,(H,12,13). The maximum atomic E-state index is 12.0. The molecular formula is C8H8BrF2O3P. The highest BCUT2D eigenvalue weighted by Gasteiger charge is 2.34. The Balaban J connectivity index is 2.77. The average Bonchev–Trinajstić information content (AvgIpc) is 2.18. The molecule has 1 atom stereocenters. The van der Waals surface area contributed by atoms with Crippen LogP contribution < -0.4 is 4.52 Å². The van der Waals surface area contributed by atoms with Gasteiger partial charge in [0.2, 0.25) is 0 Å². The Morgan fingerprint density at radius 2 is 1.93 bits per heavy atom. The second-order valence-corrected chi connectivity index (χ2v) is 4.97. The molecule has 1 N–H and O–H groups in total. The number of benzene rings is 1. The Morgan fingerprint density at radius 3 is 2.33 bits per heavy atom. The van der Waals surface area contributed by atoms with Crippen LogP contribution in [0.15, 0.2) is 24.3 Å². The topological polar surface area (TPSA) is 46.5 Å². The third-order valence-electron chi connectivity index (χ3n) is 1.56. The third kappa shape index (κ3) is 3.55. The van der Waals surface area contributed by atoms with Crippen LogP contribution in [0.4, 0.5) is 8.78 Å². The summed E-state index contributed by atoms with van der Waals surface area (Å²) in [5.74, 6) is -0.0502. The zero-order valence-corrected chi connectivity index (χ0v) is 9.92. The van der Waals surface area contributed by atoms with Gasteiger partial charge < -0.3 is 9.42 Å². The van der Waals surface area contributed by atoms with Crippen molar-refractivity contribution in [1.29, 1.82) is 0 Å². The van der Waals surface area contributed by atoms with E-state index in [-0.39, 0.29) is 5.75 Å². The van der Waals surface area contributed by atoms with Gasteiger partial charge in [0, 0.05) is 5.33 Å². The Bertz CT molecular complexity index is 369. The van der Waals surface area contributed by atoms with E-state index >= 15 is 0 Å². The first-order chi connectivity index (χ1) is 6.95. The van der Waals surface area contributed by atoms with E-state index in [0.717, 1.165) is 5.56 Å². The van der Waals surface area contributed by atoms with Crippen molar-refractivity contribution in [2.75, 3.05) is 0 Å². The van der Waals surface area contributed by atoms with E-state index in [1.54, 1.807) is 12.1 Å². The summed E-state index contributed by atoms with van der Waals surface area (Å²) in [7, 11) is -4.86. The van der Waals surface area contributed by atoms with Crippen molar-refractivity contribution in [1.82, 2.24) is 0 Å². The van der Waals surface area contributed by atoms with Gasteiger partial charge in [0.25, 0.3) is 0 Å². The fourth-order valence-corrected chi connectivity index (χ4v) is 1.71. The highest BCUT2D eigenvalue weighted by molar-refractivity contribution is 9.08. The molecule has 1 unspecified atom stereocenters. The molecule has 0 saturated heterocycles. The summed E-state index contributed by atoms with van der Waals surface area (Å²) in [6.45, 7) is 0. The first-order valence-electron chi connectivity index (χ1n) is 3.91. The predicted molar refractivity (Wildman–Crippen MR) is 55.5 cm³/mol. The largest absolute Gasteiger partial charge is 0.442 e. The van der Waals surface area contributed by atoms with Gasteiger partial charge in [0.05, 0.1) is 0 Å². The van der Waals surface area contributed by atoms with Crippen LogP contribution >= 0.6 is 23.5 Å². The molecular weight excluding hydrogens is 293 g/mol. The van der Waals surface area contributed by atoms with E-state index in [1.165, 1.54) is 12.1 Å². The van der Waals surface area contributed by atoms with Crippen molar-refractivity contribution in [2.45, 2.75) is 11.5 Å². The lowest BCUT2D eigenvalue weighted by molar-refractivity contribution is 0.188. The van der Waals surface area contributed by atoms with Gasteiger partial charge in [-0.05, 0) is 17.7 Å². The molecule has 0 aromatic heterocycles. The molecule has 0 aliphatic heterocycles. The van der Waals surface area contributed by atoms with Gasteiger partial charge in [0.15, 0.2) is 0 Å². The fraction of sp³-hybridized carbons (Fsp3) is 0.250. The fourth-order valence-electron chi connectivity index (χ4n) is 0.830. The van der Waals surface area contributed by atoms with Crippen LogP contribution in [0, 0.1) is 0 Å². The molecule has 3 nitrogen and oxygen atoms in total. The van der Waals surface area contributed by atoms with Crippen LogP contribution in [0.25, 0.3) is 0 Å². The van der Waals surface area contributed by atoms with Crippen LogP contribution in [0.1, 0.15) is 5.56 Å². The van der Waals surface area contributed by atoms with Gasteiger partial charge in [0.1, 0.15) is 5.75 Å². The van der Waals surface area contributed by atoms with E-state index in [4.69, 9.17) is 4.89 Å². The van der Waals surface area contributed by atoms with Gasteiger partial charge >= 0.3 is 13.8 Å². The molecule has 1 aromatic carbocycles. The molecule has 0 fully saturated rings. The molecule has 0 amide bonds. The third-order valence-corrected chi connectivity index (χ3v) is 3.17. The minimum atomic E-state index is -4.86. The summed E-state index contributed by atoms with van der Waals surface area (Å²) in [5.41, 5.74) is 0.909. The number of hydrogen-bond donors (Lipinski definition) is 1. The second-order valence-electron chi connectivity index (χ2n) is 2.71. The predicted octanol–water partition coefficient (Wildman–Crippen LogP) is 3.37. The summed E-state index contributed by atoms with van der Waals surface area (Å²) in [6.07, 6.45) is -3.40. The van der Waals surface area contributed by atoms with Crippen LogP contribution in [-0.2, 0) is 9.90 Å². The number of rotatable bonds is 4. The number of alkyl halides is 3. The van der Waals surface area contributed by atoms with Gasteiger partial charge in [-0.15, -0.1) is 0 Å². The zero-order valence-electron chi connectivity index (χ0n) is 7.44. The average molecular weight is 301 g/mol. The molecule has 0 bridgehead atoms. The Kier molecular flexibility index (Phi) is 4.25. The minimum absolute atomic E-state index is 0.0502. The summed E-state index contributed by atoms with van der Waals surface area (Å²) >= 11 is 3.20. The van der Waals surface area contributed by atoms with Crippen LogP contribution in [-0.4, -0.2) is 11.1 Å². The maximum absolute atomic E-state index is 12.0. The van der Waals surface area contributed by atoms with Crippen molar-refractivity contribution in [2.24, 2.45) is 0 Å². The molecule has 0 radical (unpaired) electrons. The SMILES string of the molecule is O=P(O)(Oc1ccc(CBr)cc1)C(F)F. The van der Waals surface area contributed by atoms with E-state index in [2.05, 4.69) is 20.5 Å². The second kappa shape index (κ2) is 5.05. The first-order valence-corrected chi connectivity index (χ1v) is 6.67. The number of halogens is 3. The summed E-state index contributed by atoms with van der Waals surface area (Å²) in [5, 5.41) is 0.610. The van der Waals surface area contributed by atoms with E-state index in [1.807, 2.05) is 0 Å². The van der Waals surface area contributed by atoms with Gasteiger partial charge in [-0.2, -0.15) is 8.78 Å². The number of hydrogen-bond acceptors (Lipinski definition) is 2. The molecule has 0 aliphatic carbocycles. The van der Waals surface area contributed by atoms with Gasteiger partial charge in [-0.25, -0.2) is 4.57 Å². The smallest absolute Gasteiger partial charge is 0.421 e. The molecule has 15 heavy (non-hydrogen) atoms. The van der Waals surface area contributed by atoms with Crippen LogP contribution in [0.3, 0.4) is 0 Å². The maximum Gasteiger partial charge on any atom is 0.442 e. The van der Waals surface area contributed by atoms with Crippen molar-refractivity contribution in [3.05, 3.63) is 29.8 Å². The van der Waals surface area contributed by atoms with Gasteiger partial charge in [-0.1, -0.05) is 28.1 Å². The van der Waals surface area contributed by atoms with E-state index in [9.17, 15) is 13.3 Å².